The van der Waals surface area contributed by atoms with Gasteiger partial charge in [0.05, 0.1) is 18.0 Å². The Labute approximate surface area is 177 Å². The van der Waals surface area contributed by atoms with Crippen LogP contribution in [0.25, 0.3) is 5.82 Å². The molecule has 3 aromatic rings. The van der Waals surface area contributed by atoms with Crippen LogP contribution < -0.4 is 10.2 Å². The summed E-state index contributed by atoms with van der Waals surface area (Å²) in [6, 6.07) is 4.76. The lowest BCUT2D eigenvalue weighted by atomic mass is 9.92. The molecule has 0 atom stereocenters. The number of aryl methyl sites for hydroxylation is 1. The molecule has 31 heavy (non-hydrogen) atoms. The quantitative estimate of drug-likeness (QED) is 0.638. The van der Waals surface area contributed by atoms with Gasteiger partial charge in [0, 0.05) is 25.2 Å². The number of carbonyl (C=O) groups excluding carboxylic acids is 2. The van der Waals surface area contributed by atoms with E-state index in [9.17, 15) is 14.4 Å². The van der Waals surface area contributed by atoms with E-state index in [1.54, 1.807) is 30.3 Å². The van der Waals surface area contributed by atoms with Crippen LogP contribution in [0.15, 0.2) is 36.8 Å². The smallest absolute Gasteiger partial charge is 0.338 e. The van der Waals surface area contributed by atoms with Crippen LogP contribution in [0, 0.1) is 5.41 Å². The van der Waals surface area contributed by atoms with Gasteiger partial charge in [-0.2, -0.15) is 10.2 Å². The van der Waals surface area contributed by atoms with Crippen LogP contribution in [0.5, 0.6) is 0 Å². The molecule has 0 bridgehead atoms. The normalized spacial score (nSPS) is 15.3. The maximum absolute atomic E-state index is 12.9. The number of amides is 2. The summed E-state index contributed by atoms with van der Waals surface area (Å²) in [6.45, 7) is 4.29. The Kier molecular flexibility index (Phi) is 4.80. The first kappa shape index (κ1) is 20.3. The van der Waals surface area contributed by atoms with Gasteiger partial charge >= 0.3 is 5.97 Å². The molecular weight excluding hydrogens is 402 g/mol. The maximum Gasteiger partial charge on any atom is 0.338 e. The van der Waals surface area contributed by atoms with E-state index in [2.05, 4.69) is 20.5 Å². The fraction of sp³-hybridized carbons (Fsp3) is 0.300. The highest BCUT2D eigenvalue weighted by Gasteiger charge is 2.41. The fourth-order valence-electron chi connectivity index (χ4n) is 3.35. The highest BCUT2D eigenvalue weighted by molar-refractivity contribution is 6.07. The number of pyridine rings is 1. The van der Waals surface area contributed by atoms with Crippen LogP contribution in [0.1, 0.15) is 41.1 Å². The van der Waals surface area contributed by atoms with Crippen LogP contribution in [-0.4, -0.2) is 54.0 Å². The molecule has 11 heteroatoms. The van der Waals surface area contributed by atoms with E-state index in [1.807, 2.05) is 13.8 Å². The first-order chi connectivity index (χ1) is 14.7. The van der Waals surface area contributed by atoms with Crippen LogP contribution in [0.4, 0.5) is 11.5 Å². The lowest BCUT2D eigenvalue weighted by Gasteiger charge is -2.18. The molecular formula is C20H21N7O4. The Hall–Kier alpha value is -4.02. The van der Waals surface area contributed by atoms with E-state index < -0.39 is 17.3 Å². The van der Waals surface area contributed by atoms with E-state index >= 15 is 0 Å². The maximum atomic E-state index is 12.9. The van der Waals surface area contributed by atoms with Crippen molar-refractivity contribution in [1.29, 1.82) is 0 Å². The van der Waals surface area contributed by atoms with Crippen molar-refractivity contribution in [3.05, 3.63) is 48.0 Å². The first-order valence-electron chi connectivity index (χ1n) is 9.58. The second kappa shape index (κ2) is 7.35. The summed E-state index contributed by atoms with van der Waals surface area (Å²) in [5.74, 6) is -0.963. The molecule has 160 valence electrons. The van der Waals surface area contributed by atoms with Crippen molar-refractivity contribution in [3.8, 4) is 5.82 Å². The first-order valence-corrected chi connectivity index (χ1v) is 9.58. The molecule has 4 heterocycles. The average Bonchev–Trinajstić information content (AvgIpc) is 3.41. The predicted octanol–water partition coefficient (Wildman–Crippen LogP) is 1.71. The highest BCUT2D eigenvalue weighted by atomic mass is 16.4. The number of anilines is 2. The molecule has 0 aromatic carbocycles. The number of carboxylic acids is 1. The van der Waals surface area contributed by atoms with Gasteiger partial charge in [-0.3, -0.25) is 19.2 Å². The number of hydrogen-bond donors (Lipinski definition) is 2. The number of aromatic carboxylic acids is 1. The SMILES string of the molecule is Cn1cc(NC(=O)c2cccc(-n3cc(C(=O)O)cn3)n2)c(N2CCC(C)(C)C2=O)n1. The van der Waals surface area contributed by atoms with Crippen molar-refractivity contribution >= 4 is 29.3 Å². The molecule has 1 aliphatic heterocycles. The van der Waals surface area contributed by atoms with E-state index in [4.69, 9.17) is 5.11 Å². The third-order valence-corrected chi connectivity index (χ3v) is 5.13. The number of nitrogens with zero attached hydrogens (tertiary/aromatic N) is 6. The summed E-state index contributed by atoms with van der Waals surface area (Å²) >= 11 is 0. The third kappa shape index (κ3) is 3.77. The molecule has 0 radical (unpaired) electrons. The topological polar surface area (TPSA) is 135 Å². The van der Waals surface area contributed by atoms with Gasteiger partial charge < -0.3 is 10.4 Å². The summed E-state index contributed by atoms with van der Waals surface area (Å²) in [6.07, 6.45) is 4.84. The van der Waals surface area contributed by atoms with Crippen molar-refractivity contribution in [1.82, 2.24) is 24.5 Å². The van der Waals surface area contributed by atoms with E-state index in [0.717, 1.165) is 0 Å². The van der Waals surface area contributed by atoms with E-state index in [-0.39, 0.29) is 17.2 Å². The molecule has 11 nitrogen and oxygen atoms in total. The monoisotopic (exact) mass is 423 g/mol. The van der Waals surface area contributed by atoms with E-state index in [1.165, 1.54) is 27.8 Å². The molecule has 2 N–H and O–H groups in total. The Morgan fingerprint density at radius 3 is 2.65 bits per heavy atom. The summed E-state index contributed by atoms with van der Waals surface area (Å²) in [5, 5.41) is 20.1. The van der Waals surface area contributed by atoms with Gasteiger partial charge in [0.25, 0.3) is 5.91 Å². The molecule has 0 unspecified atom stereocenters. The van der Waals surface area contributed by atoms with Gasteiger partial charge in [-0.15, -0.1) is 0 Å². The standard InChI is InChI=1S/C20H21N7O4/c1-20(2)7-8-26(19(20)31)16-14(11-25(3)24-16)23-17(28)13-5-4-6-15(22-13)27-10-12(9-21-27)18(29)30/h4-6,9-11H,7-8H2,1-3H3,(H,23,28)(H,29,30). The largest absolute Gasteiger partial charge is 0.478 e. The Bertz CT molecular complexity index is 1190. The van der Waals surface area contributed by atoms with Gasteiger partial charge in [0.15, 0.2) is 11.6 Å². The zero-order chi connectivity index (χ0) is 22.3. The molecule has 4 rings (SSSR count). The lowest BCUT2D eigenvalue weighted by molar-refractivity contribution is -0.124. The Morgan fingerprint density at radius 2 is 2.00 bits per heavy atom. The van der Waals surface area contributed by atoms with Gasteiger partial charge in [-0.1, -0.05) is 19.9 Å². The van der Waals surface area contributed by atoms with Crippen LogP contribution in [-0.2, 0) is 11.8 Å². The predicted molar refractivity (Wildman–Crippen MR) is 110 cm³/mol. The van der Waals surface area contributed by atoms with Crippen LogP contribution >= 0.6 is 0 Å². The Balaban J connectivity index is 1.58. The number of hydrogen-bond acceptors (Lipinski definition) is 6. The van der Waals surface area contributed by atoms with Gasteiger partial charge in [-0.05, 0) is 18.6 Å². The van der Waals surface area contributed by atoms with Crippen molar-refractivity contribution in [2.75, 3.05) is 16.8 Å². The van der Waals surface area contributed by atoms with Crippen LogP contribution in [0.3, 0.4) is 0 Å². The van der Waals surface area contributed by atoms with Crippen molar-refractivity contribution in [2.45, 2.75) is 20.3 Å². The molecule has 2 amide bonds. The zero-order valence-corrected chi connectivity index (χ0v) is 17.2. The van der Waals surface area contributed by atoms with E-state index in [0.29, 0.717) is 30.3 Å². The minimum atomic E-state index is -1.11. The average molecular weight is 423 g/mol. The summed E-state index contributed by atoms with van der Waals surface area (Å²) < 4.78 is 2.81. The fourth-order valence-corrected chi connectivity index (χ4v) is 3.35. The minimum absolute atomic E-state index is 0.00913. The Morgan fingerprint density at radius 1 is 1.23 bits per heavy atom. The number of nitrogens with one attached hydrogen (secondary N) is 1. The summed E-state index contributed by atoms with van der Waals surface area (Å²) in [4.78, 5) is 42.5. The van der Waals surface area contributed by atoms with Crippen molar-refractivity contribution in [3.63, 3.8) is 0 Å². The second-order valence-electron chi connectivity index (χ2n) is 7.94. The molecule has 1 aliphatic rings. The lowest BCUT2D eigenvalue weighted by Crippen LogP contribution is -2.32. The number of carbonyl (C=O) groups is 3. The number of carboxylic acid groups (broad SMARTS) is 1. The van der Waals surface area contributed by atoms with Crippen molar-refractivity contribution < 1.29 is 19.5 Å². The van der Waals surface area contributed by atoms with Gasteiger partial charge in [0.1, 0.15) is 11.4 Å². The minimum Gasteiger partial charge on any atom is -0.478 e. The summed E-state index contributed by atoms with van der Waals surface area (Å²) in [5.41, 5.74) is 0.0356. The molecule has 1 fully saturated rings. The zero-order valence-electron chi connectivity index (χ0n) is 17.2. The molecule has 0 saturated carbocycles. The molecule has 3 aromatic heterocycles. The molecule has 0 spiro atoms. The number of aromatic nitrogens is 5. The second-order valence-corrected chi connectivity index (χ2v) is 7.94. The number of rotatable bonds is 5. The third-order valence-electron chi connectivity index (χ3n) is 5.13. The van der Waals surface area contributed by atoms with Crippen LogP contribution in [0.2, 0.25) is 0 Å². The van der Waals surface area contributed by atoms with Crippen molar-refractivity contribution in [2.24, 2.45) is 12.5 Å². The highest BCUT2D eigenvalue weighted by Crippen LogP contribution is 2.36. The summed E-state index contributed by atoms with van der Waals surface area (Å²) in [7, 11) is 1.71. The van der Waals surface area contributed by atoms with Gasteiger partial charge in [0.2, 0.25) is 5.91 Å². The molecule has 0 aliphatic carbocycles. The van der Waals surface area contributed by atoms with Gasteiger partial charge in [-0.25, -0.2) is 14.5 Å². The molecule has 1 saturated heterocycles.